The van der Waals surface area contributed by atoms with E-state index in [2.05, 4.69) is 0 Å². The Balaban J connectivity index is 0.000000193. The second kappa shape index (κ2) is 16.3. The van der Waals surface area contributed by atoms with Gasteiger partial charge in [0.2, 0.25) is 6.67 Å². The summed E-state index contributed by atoms with van der Waals surface area (Å²) in [6, 6.07) is 0. The first kappa shape index (κ1) is 49.2. The molecular formula is C15H20N28O28. The van der Waals surface area contributed by atoms with Crippen molar-refractivity contribution in [2.75, 3.05) is 20.8 Å². The monoisotopic (exact) mass is 1040 g/mol. The molecule has 71 heavy (non-hydrogen) atoms. The van der Waals surface area contributed by atoms with E-state index in [0.717, 1.165) is 14.1 Å². The summed E-state index contributed by atoms with van der Waals surface area (Å²) in [5.74, 6) is 0. The lowest BCUT2D eigenvalue weighted by Gasteiger charge is -2.39. The van der Waals surface area contributed by atoms with E-state index in [1.807, 2.05) is 0 Å². The normalized spacial score (nSPS) is 29.4. The SMILES string of the molecule is CN(CN(C)[N+](=O)[O-])[N+](=O)[O-].O=[N+]([O-])N1C2C3N([N+](=O)[O-])[C@H]4[C@@H](N3[N+](=O)[O-])N([N+](=O)[O-])[C@@H]1[C@@H](N2[N+](=O)[O-])N4[N+](=O)[O-].O=[N+]([O-])N1C2C3N([N+](=O)[O-])[C@H]4[C@@H](N3[N+](=O)[O-])N([N+](=O)[O-])[C@@H]1[C@@H](N2[N+](=O)[O-])N4[N+](=O)[O-]. The lowest BCUT2D eigenvalue weighted by atomic mass is 10.2. The van der Waals surface area contributed by atoms with Crippen molar-refractivity contribution in [3.8, 4) is 0 Å². The molecule has 0 aliphatic carbocycles. The molecule has 10 heterocycles. The van der Waals surface area contributed by atoms with E-state index < -0.39 is 144 Å². The zero-order valence-corrected chi connectivity index (χ0v) is 33.6. The maximum atomic E-state index is 11.7. The first-order valence-corrected chi connectivity index (χ1v) is 17.6. The largest absolute Gasteiger partial charge is 0.272 e. The summed E-state index contributed by atoms with van der Waals surface area (Å²) in [5.41, 5.74) is 0. The fraction of sp³-hybridized carbons (Fsp3) is 1.00. The fourth-order valence-corrected chi connectivity index (χ4v) is 9.33. The van der Waals surface area contributed by atoms with Gasteiger partial charge in [-0.3, -0.25) is 0 Å². The molecule has 0 spiro atoms. The van der Waals surface area contributed by atoms with Crippen LogP contribution in [0.15, 0.2) is 0 Å². The molecule has 0 radical (unpaired) electrons. The van der Waals surface area contributed by atoms with Crippen LogP contribution < -0.4 is 0 Å². The van der Waals surface area contributed by atoms with Gasteiger partial charge in [-0.25, -0.2) is 142 Å². The second-order valence-corrected chi connectivity index (χ2v) is 14.3. The Morgan fingerprint density at radius 1 is 0.239 bits per heavy atom. The fourth-order valence-electron chi connectivity index (χ4n) is 9.33. The molecule has 0 saturated carbocycles. The standard InChI is InChI=1S/2C6H6N12O12.C3H8N4O4/c2*19-13(20)7-1-2-8(14(21)22)5(7)6-9(15(23)24)3(11(1)17(27)28)4(10(6)16(25)26)12(2)18(29)30;1-4(6(8)9)3-5(2)7(10)11/h2*1-6H;3H2,1-2H3/t2*1-,2+,3+,4-,5?,6?;. The van der Waals surface area contributed by atoms with Gasteiger partial charge in [0.1, 0.15) is 0 Å². The van der Waals surface area contributed by atoms with Crippen LogP contribution in [-0.4, -0.2) is 235 Å². The van der Waals surface area contributed by atoms with Gasteiger partial charge >= 0.3 is 0 Å². The van der Waals surface area contributed by atoms with Crippen LogP contribution in [-0.2, 0) is 0 Å². The molecule has 12 bridgehead atoms. The molecule has 10 fully saturated rings. The highest BCUT2D eigenvalue weighted by atomic mass is 16.8. The smallest absolute Gasteiger partial charge is 0.235 e. The summed E-state index contributed by atoms with van der Waals surface area (Å²) in [6.45, 7) is -0.347. The third-order valence-corrected chi connectivity index (χ3v) is 11.3. The molecule has 0 amide bonds. The molecular weight excluding hydrogens is 1020 g/mol. The third kappa shape index (κ3) is 6.66. The van der Waals surface area contributed by atoms with Crippen molar-refractivity contribution in [1.82, 2.24) is 70.1 Å². The molecule has 0 unspecified atom stereocenters. The van der Waals surface area contributed by atoms with Gasteiger partial charge in [-0.15, -0.1) is 10.0 Å². The van der Waals surface area contributed by atoms with E-state index in [4.69, 9.17) is 0 Å². The zero-order valence-electron chi connectivity index (χ0n) is 33.6. The van der Waals surface area contributed by atoms with E-state index in [0.29, 0.717) is 10.0 Å². The molecule has 0 aromatic rings. The predicted octanol–water partition coefficient (Wildman–Crippen LogP) is -8.89. The Bertz CT molecular complexity index is 2030. The molecule has 10 aliphatic rings. The molecule has 388 valence electrons. The zero-order chi connectivity index (χ0) is 53.8. The number of hydrogen-bond acceptors (Lipinski definition) is 28. The quantitative estimate of drug-likeness (QED) is 0.0787. The van der Waals surface area contributed by atoms with E-state index in [1.54, 1.807) is 0 Å². The van der Waals surface area contributed by atoms with Crippen LogP contribution >= 0.6 is 0 Å². The summed E-state index contributed by atoms with van der Waals surface area (Å²) in [7, 11) is 2.31. The first-order chi connectivity index (χ1) is 32.8. The van der Waals surface area contributed by atoms with Crippen molar-refractivity contribution in [3.05, 3.63) is 142 Å². The average Bonchev–Trinajstić information content (AvgIpc) is 3.88. The van der Waals surface area contributed by atoms with Crippen molar-refractivity contribution in [2.45, 2.75) is 74.0 Å². The average molecular weight is 1040 g/mol. The summed E-state index contributed by atoms with van der Waals surface area (Å²) in [4.78, 5) is 160. The van der Waals surface area contributed by atoms with Gasteiger partial charge in [0, 0.05) is 0 Å². The van der Waals surface area contributed by atoms with Gasteiger partial charge in [-0.2, -0.15) is 0 Å². The number of nitro groups is 14. The summed E-state index contributed by atoms with van der Waals surface area (Å²) in [5, 5.41) is 141. The molecule has 0 aromatic heterocycles. The minimum absolute atomic E-state index is 0.180. The molecule has 0 N–H and O–H groups in total. The number of hydrogen-bond donors (Lipinski definition) is 0. The van der Waals surface area contributed by atoms with Gasteiger partial charge in [0.25, 0.3) is 74.0 Å². The maximum Gasteiger partial charge on any atom is 0.272 e. The van der Waals surface area contributed by atoms with Crippen LogP contribution in [0.4, 0.5) is 0 Å². The van der Waals surface area contributed by atoms with E-state index in [9.17, 15) is 142 Å². The Morgan fingerprint density at radius 3 is 0.380 bits per heavy atom. The van der Waals surface area contributed by atoms with Crippen LogP contribution in [0.25, 0.3) is 0 Å². The maximum absolute atomic E-state index is 11.7. The van der Waals surface area contributed by atoms with Gasteiger partial charge in [-0.05, 0) is 0 Å². The Kier molecular flexibility index (Phi) is 11.3. The predicted molar refractivity (Wildman–Crippen MR) is 186 cm³/mol. The lowest BCUT2D eigenvalue weighted by Crippen LogP contribution is -2.77. The lowest BCUT2D eigenvalue weighted by molar-refractivity contribution is -0.792. The van der Waals surface area contributed by atoms with E-state index >= 15 is 0 Å². The Labute approximate surface area is 377 Å². The summed E-state index contributed by atoms with van der Waals surface area (Å²) >= 11 is 0. The number of rotatable bonds is 16. The molecule has 10 aliphatic heterocycles. The van der Waals surface area contributed by atoms with Crippen molar-refractivity contribution in [3.63, 3.8) is 0 Å². The topological polar surface area (TPSA) is 649 Å². The third-order valence-electron chi connectivity index (χ3n) is 11.3. The van der Waals surface area contributed by atoms with Gasteiger partial charge in [0.05, 0.1) is 14.1 Å². The highest BCUT2D eigenvalue weighted by Crippen LogP contribution is 2.53. The van der Waals surface area contributed by atoms with Crippen LogP contribution in [0, 0.1) is 142 Å². The molecule has 56 heteroatoms. The van der Waals surface area contributed by atoms with Crippen LogP contribution in [0.3, 0.4) is 0 Å². The minimum Gasteiger partial charge on any atom is -0.235 e. The van der Waals surface area contributed by atoms with Crippen LogP contribution in [0.5, 0.6) is 0 Å². The highest BCUT2D eigenvalue weighted by molar-refractivity contribution is 5.10. The van der Waals surface area contributed by atoms with Crippen molar-refractivity contribution in [2.24, 2.45) is 0 Å². The molecule has 10 rings (SSSR count). The molecule has 0 atom stereocenters. The number of hydrazine groups is 14. The number of nitrogens with zero attached hydrogens (tertiary/aromatic N) is 28. The van der Waals surface area contributed by atoms with Crippen molar-refractivity contribution in [1.29, 1.82) is 0 Å². The molecule has 0 aromatic carbocycles. The van der Waals surface area contributed by atoms with Crippen LogP contribution in [0.2, 0.25) is 0 Å². The van der Waals surface area contributed by atoms with Gasteiger partial charge < -0.3 is 0 Å². The number of piperazine rings is 2. The summed E-state index contributed by atoms with van der Waals surface area (Å²) < 4.78 is 0. The first-order valence-electron chi connectivity index (χ1n) is 17.6. The van der Waals surface area contributed by atoms with Gasteiger partial charge in [0.15, 0.2) is 70.5 Å². The Hall–Kier alpha value is -11.2. The van der Waals surface area contributed by atoms with Crippen molar-refractivity contribution >= 4 is 0 Å². The minimum atomic E-state index is -2.47. The molecule has 56 nitrogen and oxygen atoms in total. The van der Waals surface area contributed by atoms with Crippen molar-refractivity contribution < 1.29 is 70.5 Å². The Morgan fingerprint density at radius 2 is 0.324 bits per heavy atom. The summed E-state index contributed by atoms with van der Waals surface area (Å²) in [6.07, 6.45) is -28.8. The highest BCUT2D eigenvalue weighted by Gasteiger charge is 2.91. The van der Waals surface area contributed by atoms with Crippen LogP contribution in [0.1, 0.15) is 0 Å². The molecule has 10 saturated heterocycles. The van der Waals surface area contributed by atoms with E-state index in [-0.39, 0.29) is 66.8 Å². The van der Waals surface area contributed by atoms with E-state index in [1.165, 1.54) is 0 Å². The van der Waals surface area contributed by atoms with Gasteiger partial charge in [-0.1, -0.05) is 60.1 Å². The second-order valence-electron chi connectivity index (χ2n) is 14.3.